The number of aromatic nitrogens is 4. The molecule has 0 bridgehead atoms. The number of hydrogen-bond donors (Lipinski definition) is 0. The van der Waals surface area contributed by atoms with Gasteiger partial charge >= 0.3 is 0 Å². The van der Waals surface area contributed by atoms with Gasteiger partial charge in [-0.1, -0.05) is 66.2 Å². The van der Waals surface area contributed by atoms with Crippen LogP contribution in [0.25, 0.3) is 27.8 Å². The third kappa shape index (κ3) is 3.39. The van der Waals surface area contributed by atoms with Crippen molar-refractivity contribution in [1.82, 2.24) is 19.6 Å². The van der Waals surface area contributed by atoms with Gasteiger partial charge in [0.25, 0.3) is 0 Å². The molecule has 0 spiro atoms. The second-order valence-corrected chi connectivity index (χ2v) is 9.38. The highest BCUT2D eigenvalue weighted by atomic mass is 16.5. The van der Waals surface area contributed by atoms with Crippen molar-refractivity contribution in [3.05, 3.63) is 107 Å². The van der Waals surface area contributed by atoms with E-state index in [0.717, 1.165) is 38.8 Å². The van der Waals surface area contributed by atoms with Gasteiger partial charge in [-0.15, -0.1) is 5.10 Å². The van der Waals surface area contributed by atoms with Gasteiger partial charge in [-0.05, 0) is 41.5 Å². The van der Waals surface area contributed by atoms with E-state index in [1.165, 1.54) is 5.56 Å². The first-order valence-corrected chi connectivity index (χ1v) is 12.4. The lowest BCUT2D eigenvalue weighted by Crippen LogP contribution is -2.15. The predicted molar refractivity (Wildman–Crippen MR) is 145 cm³/mol. The molecule has 0 saturated heterocycles. The highest BCUT2D eigenvalue weighted by Gasteiger charge is 2.35. The Morgan fingerprint density at radius 2 is 1.66 bits per heavy atom. The summed E-state index contributed by atoms with van der Waals surface area (Å²) in [5.74, 6) is 3.01. The van der Waals surface area contributed by atoms with E-state index in [2.05, 4.69) is 54.4 Å². The predicted octanol–water partition coefficient (Wildman–Crippen LogP) is 6.56. The molecule has 0 unspecified atom stereocenters. The molecule has 2 aromatic heterocycles. The maximum Gasteiger partial charge on any atom is 0.228 e. The molecule has 0 N–H and O–H groups in total. The summed E-state index contributed by atoms with van der Waals surface area (Å²) in [6, 6.07) is 26.6. The molecule has 7 nitrogen and oxygen atoms in total. The van der Waals surface area contributed by atoms with Crippen LogP contribution >= 0.6 is 0 Å². The van der Waals surface area contributed by atoms with Crippen molar-refractivity contribution in [3.8, 4) is 34.5 Å². The van der Waals surface area contributed by atoms with E-state index < -0.39 is 0 Å². The standard InChI is InChI=1S/C31H24N4O3/c1-18-8-10-20(11-9-18)29-33-30-28-26(21-13-14-23(36-2)25(16-21)37-3)27-22-7-5-4-6-19(22)12-15-24(27)38-31(28)32-17-35(30)34-29/h4-17,26H,1-3H3/t26-/m1/s1. The van der Waals surface area contributed by atoms with Crippen LogP contribution in [0.2, 0.25) is 0 Å². The minimum absolute atomic E-state index is 0.231. The number of rotatable bonds is 4. The van der Waals surface area contributed by atoms with Crippen molar-refractivity contribution in [2.45, 2.75) is 12.8 Å². The second kappa shape index (κ2) is 8.59. The monoisotopic (exact) mass is 500 g/mol. The van der Waals surface area contributed by atoms with Gasteiger partial charge in [0.05, 0.1) is 19.8 Å². The summed E-state index contributed by atoms with van der Waals surface area (Å²) in [7, 11) is 3.29. The van der Waals surface area contributed by atoms with E-state index in [4.69, 9.17) is 24.3 Å². The molecule has 0 aliphatic carbocycles. The van der Waals surface area contributed by atoms with Gasteiger partial charge in [0.15, 0.2) is 23.0 Å². The molecule has 7 heteroatoms. The Labute approximate surface area is 219 Å². The fraction of sp³-hybridized carbons (Fsp3) is 0.129. The minimum atomic E-state index is -0.231. The van der Waals surface area contributed by atoms with Crippen LogP contribution in [-0.2, 0) is 0 Å². The number of methoxy groups -OCH3 is 2. The summed E-state index contributed by atoms with van der Waals surface area (Å²) in [6.45, 7) is 2.06. The van der Waals surface area contributed by atoms with E-state index in [9.17, 15) is 0 Å². The molecule has 4 aromatic carbocycles. The van der Waals surface area contributed by atoms with Crippen molar-refractivity contribution in [1.29, 1.82) is 0 Å². The molecule has 0 saturated carbocycles. The molecular formula is C31H24N4O3. The molecule has 0 radical (unpaired) electrons. The van der Waals surface area contributed by atoms with Crippen LogP contribution in [0.15, 0.2) is 85.2 Å². The minimum Gasteiger partial charge on any atom is -0.493 e. The molecule has 3 heterocycles. The summed E-state index contributed by atoms with van der Waals surface area (Å²) in [5, 5.41) is 7.01. The zero-order valence-corrected chi connectivity index (χ0v) is 21.2. The summed E-state index contributed by atoms with van der Waals surface area (Å²) in [6.07, 6.45) is 1.66. The Kier molecular flexibility index (Phi) is 5.04. The Morgan fingerprint density at radius 1 is 0.842 bits per heavy atom. The van der Waals surface area contributed by atoms with Crippen LogP contribution in [0.4, 0.5) is 0 Å². The molecular weight excluding hydrogens is 476 g/mol. The highest BCUT2D eigenvalue weighted by molar-refractivity contribution is 5.91. The van der Waals surface area contributed by atoms with Gasteiger partial charge in [0, 0.05) is 17.0 Å². The first kappa shape index (κ1) is 22.3. The van der Waals surface area contributed by atoms with Gasteiger partial charge in [0.2, 0.25) is 5.88 Å². The van der Waals surface area contributed by atoms with Crippen LogP contribution in [0.5, 0.6) is 23.1 Å². The quantitative estimate of drug-likeness (QED) is 0.273. The molecule has 0 fully saturated rings. The summed E-state index contributed by atoms with van der Waals surface area (Å²) in [5.41, 5.74) is 5.75. The molecule has 1 aliphatic rings. The number of benzene rings is 4. The lowest BCUT2D eigenvalue weighted by atomic mass is 9.81. The lowest BCUT2D eigenvalue weighted by molar-refractivity contribution is 0.354. The zero-order valence-electron chi connectivity index (χ0n) is 21.2. The van der Waals surface area contributed by atoms with Crippen LogP contribution in [0, 0.1) is 6.92 Å². The van der Waals surface area contributed by atoms with E-state index in [1.807, 2.05) is 36.4 Å². The van der Waals surface area contributed by atoms with Crippen molar-refractivity contribution in [3.63, 3.8) is 0 Å². The number of nitrogens with zero attached hydrogens (tertiary/aromatic N) is 4. The molecule has 186 valence electrons. The highest BCUT2D eigenvalue weighted by Crippen LogP contribution is 2.51. The molecule has 0 amide bonds. The van der Waals surface area contributed by atoms with E-state index in [-0.39, 0.29) is 5.92 Å². The first-order valence-electron chi connectivity index (χ1n) is 12.4. The smallest absolute Gasteiger partial charge is 0.228 e. The molecule has 38 heavy (non-hydrogen) atoms. The zero-order chi connectivity index (χ0) is 25.8. The summed E-state index contributed by atoms with van der Waals surface area (Å²) < 4.78 is 19.4. The molecule has 1 atom stereocenters. The largest absolute Gasteiger partial charge is 0.493 e. The number of ether oxygens (including phenoxy) is 3. The summed E-state index contributed by atoms with van der Waals surface area (Å²) >= 11 is 0. The fourth-order valence-electron chi connectivity index (χ4n) is 5.30. The van der Waals surface area contributed by atoms with Gasteiger partial charge in [0.1, 0.15) is 12.1 Å². The van der Waals surface area contributed by atoms with E-state index >= 15 is 0 Å². The van der Waals surface area contributed by atoms with Crippen molar-refractivity contribution in [2.24, 2.45) is 0 Å². The van der Waals surface area contributed by atoms with Gasteiger partial charge in [-0.2, -0.15) is 0 Å². The van der Waals surface area contributed by atoms with Crippen molar-refractivity contribution in [2.75, 3.05) is 14.2 Å². The number of fused-ring (bicyclic) bond motifs is 6. The number of aryl methyl sites for hydroxylation is 1. The summed E-state index contributed by atoms with van der Waals surface area (Å²) in [4.78, 5) is 9.69. The lowest BCUT2D eigenvalue weighted by Gasteiger charge is -2.29. The van der Waals surface area contributed by atoms with Crippen LogP contribution in [-0.4, -0.2) is 33.8 Å². The Morgan fingerprint density at radius 3 is 2.47 bits per heavy atom. The molecule has 7 rings (SSSR count). The first-order chi connectivity index (χ1) is 18.6. The maximum atomic E-state index is 6.43. The van der Waals surface area contributed by atoms with Crippen LogP contribution in [0.1, 0.15) is 28.2 Å². The fourth-order valence-corrected chi connectivity index (χ4v) is 5.30. The molecule has 1 aliphatic heterocycles. The van der Waals surface area contributed by atoms with Gasteiger partial charge in [-0.25, -0.2) is 14.5 Å². The second-order valence-electron chi connectivity index (χ2n) is 9.38. The van der Waals surface area contributed by atoms with Crippen LogP contribution < -0.4 is 14.2 Å². The Bertz CT molecular complexity index is 1840. The Hall–Kier alpha value is -4.91. The van der Waals surface area contributed by atoms with Gasteiger partial charge < -0.3 is 14.2 Å². The van der Waals surface area contributed by atoms with Gasteiger partial charge in [-0.3, -0.25) is 0 Å². The topological polar surface area (TPSA) is 70.8 Å². The van der Waals surface area contributed by atoms with E-state index in [0.29, 0.717) is 28.9 Å². The molecule has 6 aromatic rings. The SMILES string of the molecule is COc1ccc([C@@H]2c3c(ccc4ccccc34)Oc3ncn4nc(-c5ccc(C)cc5)nc4c32)cc1OC. The third-order valence-corrected chi connectivity index (χ3v) is 7.15. The van der Waals surface area contributed by atoms with Crippen molar-refractivity contribution >= 4 is 16.4 Å². The third-order valence-electron chi connectivity index (χ3n) is 7.15. The van der Waals surface area contributed by atoms with E-state index in [1.54, 1.807) is 25.1 Å². The van der Waals surface area contributed by atoms with Crippen molar-refractivity contribution < 1.29 is 14.2 Å². The average molecular weight is 501 g/mol. The average Bonchev–Trinajstić information content (AvgIpc) is 3.40. The Balaban J connectivity index is 1.53. The van der Waals surface area contributed by atoms with Crippen LogP contribution in [0.3, 0.4) is 0 Å². The maximum absolute atomic E-state index is 6.43. The normalized spacial score (nSPS) is 14.1. The number of hydrogen-bond acceptors (Lipinski definition) is 6.